The zero-order chi connectivity index (χ0) is 17.7. The molecule has 3 heterocycles. The molecule has 126 valence electrons. The van der Waals surface area contributed by atoms with Crippen LogP contribution in [0.15, 0.2) is 70.6 Å². The molecule has 0 radical (unpaired) electrons. The minimum atomic E-state index is -0.0639. The lowest BCUT2D eigenvalue weighted by molar-refractivity contribution is 0.769. The Morgan fingerprint density at radius 3 is 2.62 bits per heavy atom. The van der Waals surface area contributed by atoms with E-state index < -0.39 is 0 Å². The third-order valence-electron chi connectivity index (χ3n) is 4.67. The second-order valence-corrected chi connectivity index (χ2v) is 6.27. The average Bonchev–Trinajstić information content (AvgIpc) is 2.94. The zero-order valence-electron chi connectivity index (χ0n) is 14.1. The van der Waals surface area contributed by atoms with Crippen molar-refractivity contribution in [2.75, 3.05) is 0 Å². The molecule has 26 heavy (non-hydrogen) atoms. The maximum absolute atomic E-state index is 13.2. The SMILES string of the molecule is Cn1ncc2c1N=C(c1ccccc1)Cn1c-2nc2ccccc2c1=O. The molecule has 0 spiro atoms. The number of rotatable bonds is 1. The third-order valence-corrected chi connectivity index (χ3v) is 4.67. The summed E-state index contributed by atoms with van der Waals surface area (Å²) in [4.78, 5) is 22.7. The van der Waals surface area contributed by atoms with E-state index in [2.05, 4.69) is 5.10 Å². The van der Waals surface area contributed by atoms with Gasteiger partial charge in [-0.05, 0) is 17.7 Å². The molecule has 6 heteroatoms. The topological polar surface area (TPSA) is 65.1 Å². The first-order chi connectivity index (χ1) is 12.7. The van der Waals surface area contributed by atoms with Crippen molar-refractivity contribution in [2.45, 2.75) is 6.54 Å². The standard InChI is InChI=1S/C20H15N5O/c1-24-18-15(11-21-24)19-22-16-10-6-5-9-14(16)20(26)25(19)12-17(23-18)13-7-3-2-4-8-13/h2-11H,12H2,1H3. The van der Waals surface area contributed by atoms with E-state index in [4.69, 9.17) is 9.98 Å². The van der Waals surface area contributed by atoms with Crippen LogP contribution in [0.5, 0.6) is 0 Å². The number of fused-ring (bicyclic) bond motifs is 4. The highest BCUT2D eigenvalue weighted by molar-refractivity contribution is 6.03. The summed E-state index contributed by atoms with van der Waals surface area (Å²) in [7, 11) is 1.85. The van der Waals surface area contributed by atoms with Crippen LogP contribution >= 0.6 is 0 Å². The van der Waals surface area contributed by atoms with Gasteiger partial charge in [-0.1, -0.05) is 42.5 Å². The number of aromatic nitrogens is 4. The van der Waals surface area contributed by atoms with Gasteiger partial charge < -0.3 is 0 Å². The Morgan fingerprint density at radius 1 is 1.00 bits per heavy atom. The van der Waals surface area contributed by atoms with Crippen LogP contribution in [-0.4, -0.2) is 25.0 Å². The van der Waals surface area contributed by atoms with E-state index >= 15 is 0 Å². The fourth-order valence-electron chi connectivity index (χ4n) is 3.34. The monoisotopic (exact) mass is 341 g/mol. The van der Waals surface area contributed by atoms with E-state index in [1.54, 1.807) is 15.4 Å². The molecule has 0 amide bonds. The summed E-state index contributed by atoms with van der Waals surface area (Å²) in [6.07, 6.45) is 1.72. The second kappa shape index (κ2) is 5.49. The third kappa shape index (κ3) is 2.12. The Kier molecular flexibility index (Phi) is 3.12. The number of hydrogen-bond acceptors (Lipinski definition) is 4. The van der Waals surface area contributed by atoms with E-state index in [-0.39, 0.29) is 5.56 Å². The second-order valence-electron chi connectivity index (χ2n) is 6.27. The van der Waals surface area contributed by atoms with Gasteiger partial charge >= 0.3 is 0 Å². The molecule has 4 aromatic rings. The first-order valence-electron chi connectivity index (χ1n) is 8.37. The van der Waals surface area contributed by atoms with Crippen LogP contribution in [0.3, 0.4) is 0 Å². The molecule has 0 N–H and O–H groups in total. The predicted octanol–water partition coefficient (Wildman–Crippen LogP) is 2.93. The first-order valence-corrected chi connectivity index (χ1v) is 8.37. The first kappa shape index (κ1) is 14.8. The Morgan fingerprint density at radius 2 is 1.77 bits per heavy atom. The van der Waals surface area contributed by atoms with Gasteiger partial charge in [0.1, 0.15) is 5.82 Å². The molecular weight excluding hydrogens is 326 g/mol. The summed E-state index contributed by atoms with van der Waals surface area (Å²) in [6.45, 7) is 0.366. The Hall–Kier alpha value is -3.54. The number of hydrogen-bond donors (Lipinski definition) is 0. The molecule has 1 aliphatic heterocycles. The van der Waals surface area contributed by atoms with E-state index in [9.17, 15) is 4.79 Å². The smallest absolute Gasteiger partial charge is 0.262 e. The molecule has 0 saturated carbocycles. The lowest BCUT2D eigenvalue weighted by atomic mass is 10.1. The van der Waals surface area contributed by atoms with Crippen LogP contribution < -0.4 is 5.56 Å². The highest BCUT2D eigenvalue weighted by atomic mass is 16.1. The van der Waals surface area contributed by atoms with Crippen molar-refractivity contribution in [3.05, 3.63) is 76.7 Å². The summed E-state index contributed by atoms with van der Waals surface area (Å²) in [5.74, 6) is 1.31. The van der Waals surface area contributed by atoms with Gasteiger partial charge in [-0.3, -0.25) is 14.0 Å². The van der Waals surface area contributed by atoms with Crippen LogP contribution in [0, 0.1) is 0 Å². The molecular formula is C20H15N5O. The number of aliphatic imine (C=N–C) groups is 1. The van der Waals surface area contributed by atoms with E-state index in [0.29, 0.717) is 29.1 Å². The number of para-hydroxylation sites is 1. The summed E-state index contributed by atoms with van der Waals surface area (Å²) < 4.78 is 3.41. The highest BCUT2D eigenvalue weighted by Gasteiger charge is 2.23. The van der Waals surface area contributed by atoms with Gasteiger partial charge in [0.05, 0.1) is 34.9 Å². The van der Waals surface area contributed by atoms with Gasteiger partial charge in [0.25, 0.3) is 5.56 Å². The van der Waals surface area contributed by atoms with Crippen molar-refractivity contribution in [2.24, 2.45) is 12.0 Å². The quantitative estimate of drug-likeness (QED) is 0.535. The molecule has 2 aromatic heterocycles. The van der Waals surface area contributed by atoms with Gasteiger partial charge in [-0.25, -0.2) is 9.98 Å². The maximum Gasteiger partial charge on any atom is 0.262 e. The molecule has 0 bridgehead atoms. The van der Waals surface area contributed by atoms with Gasteiger partial charge in [-0.15, -0.1) is 0 Å². The van der Waals surface area contributed by atoms with E-state index in [0.717, 1.165) is 16.8 Å². The van der Waals surface area contributed by atoms with Crippen molar-refractivity contribution in [3.8, 4) is 11.4 Å². The normalized spacial score (nSPS) is 13.0. The minimum absolute atomic E-state index is 0.0639. The van der Waals surface area contributed by atoms with Gasteiger partial charge in [0.2, 0.25) is 0 Å². The van der Waals surface area contributed by atoms with Crippen molar-refractivity contribution in [1.82, 2.24) is 19.3 Å². The van der Waals surface area contributed by atoms with E-state index in [1.807, 2.05) is 61.6 Å². The fourth-order valence-corrected chi connectivity index (χ4v) is 3.34. The summed E-state index contributed by atoms with van der Waals surface area (Å²) in [6, 6.07) is 17.3. The van der Waals surface area contributed by atoms with Crippen LogP contribution in [-0.2, 0) is 13.6 Å². The highest BCUT2D eigenvalue weighted by Crippen LogP contribution is 2.32. The Labute approximate surface area is 149 Å². The van der Waals surface area contributed by atoms with Crippen molar-refractivity contribution < 1.29 is 0 Å². The predicted molar refractivity (Wildman–Crippen MR) is 101 cm³/mol. The molecule has 0 aliphatic carbocycles. The average molecular weight is 341 g/mol. The Bertz CT molecular complexity index is 1230. The van der Waals surface area contributed by atoms with Crippen LogP contribution in [0.1, 0.15) is 5.56 Å². The number of nitrogens with zero attached hydrogens (tertiary/aromatic N) is 5. The largest absolute Gasteiger partial charge is 0.286 e. The van der Waals surface area contributed by atoms with Gasteiger partial charge in [0, 0.05) is 7.05 Å². The summed E-state index contributed by atoms with van der Waals surface area (Å²) in [5, 5.41) is 4.94. The molecule has 0 atom stereocenters. The zero-order valence-corrected chi connectivity index (χ0v) is 14.1. The van der Waals surface area contributed by atoms with Crippen molar-refractivity contribution >= 4 is 22.4 Å². The van der Waals surface area contributed by atoms with Gasteiger partial charge in [0.15, 0.2) is 5.82 Å². The van der Waals surface area contributed by atoms with Gasteiger partial charge in [-0.2, -0.15) is 5.10 Å². The van der Waals surface area contributed by atoms with E-state index in [1.165, 1.54) is 0 Å². The number of benzene rings is 2. The minimum Gasteiger partial charge on any atom is -0.286 e. The molecule has 0 saturated heterocycles. The summed E-state index contributed by atoms with van der Waals surface area (Å²) in [5.41, 5.74) is 3.18. The molecule has 0 unspecified atom stereocenters. The fraction of sp³-hybridized carbons (Fsp3) is 0.100. The lowest BCUT2D eigenvalue weighted by Crippen LogP contribution is -2.26. The molecule has 2 aromatic carbocycles. The summed E-state index contributed by atoms with van der Waals surface area (Å²) >= 11 is 0. The molecule has 6 nitrogen and oxygen atoms in total. The molecule has 0 fully saturated rings. The number of aryl methyl sites for hydroxylation is 1. The van der Waals surface area contributed by atoms with Crippen LogP contribution in [0.4, 0.5) is 5.82 Å². The Balaban J connectivity index is 1.86. The van der Waals surface area contributed by atoms with Crippen LogP contribution in [0.2, 0.25) is 0 Å². The maximum atomic E-state index is 13.2. The van der Waals surface area contributed by atoms with Crippen LogP contribution in [0.25, 0.3) is 22.3 Å². The van der Waals surface area contributed by atoms with Crippen molar-refractivity contribution in [3.63, 3.8) is 0 Å². The lowest BCUT2D eigenvalue weighted by Gasteiger charge is -2.11. The molecule has 5 rings (SSSR count). The van der Waals surface area contributed by atoms with Crippen molar-refractivity contribution in [1.29, 1.82) is 0 Å². The molecule has 1 aliphatic rings.